The molecule has 0 bridgehead atoms. The van der Waals surface area contributed by atoms with Crippen LogP contribution in [0.1, 0.15) is 12.5 Å². The zero-order chi connectivity index (χ0) is 41.8. The fourth-order valence-electron chi connectivity index (χ4n) is 8.76. The first-order valence-electron chi connectivity index (χ1n) is 21.3. The second-order valence-electron chi connectivity index (χ2n) is 15.7. The summed E-state index contributed by atoms with van der Waals surface area (Å²) in [6.07, 6.45) is 6.58. The van der Waals surface area contributed by atoms with E-state index < -0.39 is 0 Å². The van der Waals surface area contributed by atoms with Crippen molar-refractivity contribution in [3.05, 3.63) is 261 Å². The molecule has 0 amide bonds. The molecule has 0 heterocycles. The van der Waals surface area contributed by atoms with Crippen LogP contribution in [0, 0.1) is 0 Å². The second kappa shape index (κ2) is 16.9. The zero-order valence-electron chi connectivity index (χ0n) is 34.7. The Hall–Kier alpha value is -8.00. The van der Waals surface area contributed by atoms with Gasteiger partial charge in [-0.1, -0.05) is 213 Å². The topological polar surface area (TPSA) is 3.24 Å². The molecule has 0 atom stereocenters. The van der Waals surface area contributed by atoms with Crippen LogP contribution in [0.25, 0.3) is 82.4 Å². The Morgan fingerprint density at radius 3 is 1.68 bits per heavy atom. The molecular formula is C61H45N. The van der Waals surface area contributed by atoms with Crippen molar-refractivity contribution in [2.24, 2.45) is 0 Å². The molecule has 0 saturated heterocycles. The first-order chi connectivity index (χ1) is 30.6. The molecule has 1 nitrogen and oxygen atoms in total. The largest absolute Gasteiger partial charge is 0.310 e. The van der Waals surface area contributed by atoms with Crippen LogP contribution in [-0.4, -0.2) is 0 Å². The molecule has 0 fully saturated rings. The fraction of sp³-hybridized carbons (Fsp3) is 0.0164. The highest BCUT2D eigenvalue weighted by atomic mass is 15.1. The summed E-state index contributed by atoms with van der Waals surface area (Å²) < 4.78 is 0. The van der Waals surface area contributed by atoms with Crippen LogP contribution in [0.2, 0.25) is 0 Å². The van der Waals surface area contributed by atoms with E-state index in [9.17, 15) is 0 Å². The van der Waals surface area contributed by atoms with Gasteiger partial charge in [-0.3, -0.25) is 0 Å². The Bertz CT molecular complexity index is 3300. The van der Waals surface area contributed by atoms with Crippen molar-refractivity contribution in [2.45, 2.75) is 6.92 Å². The third-order valence-electron chi connectivity index (χ3n) is 12.0. The fourth-order valence-corrected chi connectivity index (χ4v) is 8.76. The van der Waals surface area contributed by atoms with E-state index >= 15 is 0 Å². The van der Waals surface area contributed by atoms with Crippen LogP contribution in [0.3, 0.4) is 0 Å². The maximum atomic E-state index is 4.59. The summed E-state index contributed by atoms with van der Waals surface area (Å²) in [5, 5.41) is 7.34. The molecule has 10 rings (SSSR count). The van der Waals surface area contributed by atoms with E-state index in [-0.39, 0.29) is 0 Å². The number of fused-ring (bicyclic) bond motifs is 3. The lowest BCUT2D eigenvalue weighted by Crippen LogP contribution is -2.16. The van der Waals surface area contributed by atoms with Crippen molar-refractivity contribution in [3.63, 3.8) is 0 Å². The third kappa shape index (κ3) is 7.53. The van der Waals surface area contributed by atoms with Crippen molar-refractivity contribution < 1.29 is 0 Å². The van der Waals surface area contributed by atoms with E-state index in [1.807, 2.05) is 0 Å². The highest BCUT2D eigenvalue weighted by Crippen LogP contribution is 2.44. The average Bonchev–Trinajstić information content (AvgIpc) is 3.35. The van der Waals surface area contributed by atoms with Crippen LogP contribution >= 0.6 is 0 Å². The number of allylic oxidation sites excluding steroid dienone is 4. The molecule has 62 heavy (non-hydrogen) atoms. The van der Waals surface area contributed by atoms with Crippen LogP contribution in [0.15, 0.2) is 255 Å². The van der Waals surface area contributed by atoms with Gasteiger partial charge in [-0.15, -0.1) is 0 Å². The minimum atomic E-state index is 0.938. The monoisotopic (exact) mass is 791 g/mol. The molecule has 0 aliphatic heterocycles. The molecule has 1 heteroatoms. The lowest BCUT2D eigenvalue weighted by Gasteiger charge is -2.30. The molecule has 0 aliphatic carbocycles. The van der Waals surface area contributed by atoms with Crippen molar-refractivity contribution in [3.8, 4) is 44.5 Å². The molecule has 0 spiro atoms. The van der Waals surface area contributed by atoms with Gasteiger partial charge in [0, 0.05) is 16.9 Å². The van der Waals surface area contributed by atoms with E-state index in [0.29, 0.717) is 0 Å². The molecule has 10 aromatic carbocycles. The Morgan fingerprint density at radius 2 is 0.935 bits per heavy atom. The van der Waals surface area contributed by atoms with Crippen molar-refractivity contribution in [1.82, 2.24) is 0 Å². The number of hydrogen-bond acceptors (Lipinski definition) is 1. The van der Waals surface area contributed by atoms with Crippen LogP contribution in [0.4, 0.5) is 11.4 Å². The van der Waals surface area contributed by atoms with Gasteiger partial charge in [-0.05, 0) is 126 Å². The maximum absolute atomic E-state index is 4.59. The quantitative estimate of drug-likeness (QED) is 0.125. The summed E-state index contributed by atoms with van der Waals surface area (Å²) in [4.78, 5) is 2.42. The summed E-state index contributed by atoms with van der Waals surface area (Å²) in [6, 6.07) is 81.0. The molecular weight excluding hydrogens is 747 g/mol. The van der Waals surface area contributed by atoms with Crippen molar-refractivity contribution >= 4 is 49.3 Å². The van der Waals surface area contributed by atoms with Crippen LogP contribution < -0.4 is 4.90 Å². The highest BCUT2D eigenvalue weighted by Gasteiger charge is 2.21. The van der Waals surface area contributed by atoms with Gasteiger partial charge in [-0.2, -0.15) is 0 Å². The predicted molar refractivity (Wildman–Crippen MR) is 268 cm³/mol. The Balaban J connectivity index is 1.15. The second-order valence-corrected chi connectivity index (χ2v) is 15.7. The van der Waals surface area contributed by atoms with Gasteiger partial charge in [0.25, 0.3) is 0 Å². The first-order valence-corrected chi connectivity index (χ1v) is 21.3. The van der Waals surface area contributed by atoms with E-state index in [1.165, 1.54) is 65.7 Å². The first kappa shape index (κ1) is 38.2. The van der Waals surface area contributed by atoms with Gasteiger partial charge in [0.2, 0.25) is 0 Å². The molecule has 10 aromatic rings. The SMILES string of the molecule is C=C(/C=C\C(=C/C)N(c1ccc(-c2ccc3ccccc3c2)cc1)c1cc(-c2cccc3ccccc23)ccc1-c1cccc2ccccc12)c1cccc(-c2ccccc2)c1. The van der Waals surface area contributed by atoms with E-state index in [4.69, 9.17) is 0 Å². The summed E-state index contributed by atoms with van der Waals surface area (Å²) >= 11 is 0. The van der Waals surface area contributed by atoms with Gasteiger partial charge in [0.15, 0.2) is 0 Å². The number of hydrogen-bond donors (Lipinski definition) is 0. The summed E-state index contributed by atoms with van der Waals surface area (Å²) in [5.74, 6) is 0. The van der Waals surface area contributed by atoms with E-state index in [1.54, 1.807) is 0 Å². The normalized spacial score (nSPS) is 11.7. The third-order valence-corrected chi connectivity index (χ3v) is 12.0. The summed E-state index contributed by atoms with van der Waals surface area (Å²) in [5.41, 5.74) is 14.6. The molecule has 0 radical (unpaired) electrons. The van der Waals surface area contributed by atoms with Gasteiger partial charge in [0.05, 0.1) is 5.69 Å². The van der Waals surface area contributed by atoms with E-state index in [0.717, 1.165) is 39.3 Å². The minimum absolute atomic E-state index is 0.938. The Labute approximate surface area is 364 Å². The van der Waals surface area contributed by atoms with Gasteiger partial charge in [0.1, 0.15) is 0 Å². The number of anilines is 2. The zero-order valence-corrected chi connectivity index (χ0v) is 34.7. The predicted octanol–water partition coefficient (Wildman–Crippen LogP) is 17.1. The van der Waals surface area contributed by atoms with Crippen LogP contribution in [0.5, 0.6) is 0 Å². The number of nitrogens with zero attached hydrogens (tertiary/aromatic N) is 1. The Kier molecular flexibility index (Phi) is 10.4. The summed E-state index contributed by atoms with van der Waals surface area (Å²) in [7, 11) is 0. The molecule has 0 aliphatic rings. The lowest BCUT2D eigenvalue weighted by molar-refractivity contribution is 1.20. The van der Waals surface area contributed by atoms with Gasteiger partial charge in [-0.25, -0.2) is 0 Å². The molecule has 0 aromatic heterocycles. The molecule has 294 valence electrons. The van der Waals surface area contributed by atoms with Gasteiger partial charge < -0.3 is 4.90 Å². The molecule has 0 saturated carbocycles. The number of rotatable bonds is 10. The molecule has 0 unspecified atom stereocenters. The van der Waals surface area contributed by atoms with E-state index in [2.05, 4.69) is 261 Å². The number of benzene rings is 10. The minimum Gasteiger partial charge on any atom is -0.310 e. The van der Waals surface area contributed by atoms with Crippen molar-refractivity contribution in [1.29, 1.82) is 0 Å². The van der Waals surface area contributed by atoms with Crippen LogP contribution in [-0.2, 0) is 0 Å². The van der Waals surface area contributed by atoms with Gasteiger partial charge >= 0.3 is 0 Å². The molecule has 0 N–H and O–H groups in total. The van der Waals surface area contributed by atoms with Crippen molar-refractivity contribution in [2.75, 3.05) is 4.90 Å². The average molecular weight is 792 g/mol. The standard InChI is InChI=1S/C61H45N/c1-3-54(36-30-43(2)49-24-13-25-51(40-49)44-16-5-4-6-17-44)62(55-37-33-46(34-38-55)52-32-31-45-18-7-8-21-50(45)41-52)61-42-53(58-28-14-22-47-19-9-11-26-56(47)58)35-39-60(61)59-29-15-23-48-20-10-12-27-57(48)59/h3-42H,2H2,1H3/b36-30-,54-3+. The maximum Gasteiger partial charge on any atom is 0.0546 e. The summed E-state index contributed by atoms with van der Waals surface area (Å²) in [6.45, 7) is 6.71. The highest BCUT2D eigenvalue weighted by molar-refractivity contribution is 6.03. The smallest absolute Gasteiger partial charge is 0.0546 e. The Morgan fingerprint density at radius 1 is 0.387 bits per heavy atom. The lowest BCUT2D eigenvalue weighted by atomic mass is 9.92.